The van der Waals surface area contributed by atoms with Gasteiger partial charge in [0, 0.05) is 32.7 Å². The van der Waals surface area contributed by atoms with Crippen molar-refractivity contribution in [3.8, 4) is 0 Å². The van der Waals surface area contributed by atoms with Crippen molar-refractivity contribution >= 4 is 10.2 Å². The van der Waals surface area contributed by atoms with E-state index in [4.69, 9.17) is 9.47 Å². The van der Waals surface area contributed by atoms with E-state index in [1.165, 1.54) is 4.31 Å². The maximum atomic E-state index is 12.0. The average Bonchev–Trinajstić information content (AvgIpc) is 2.68. The molecule has 1 unspecified atom stereocenters. The fourth-order valence-electron chi connectivity index (χ4n) is 2.04. The summed E-state index contributed by atoms with van der Waals surface area (Å²) in [6.45, 7) is 6.68. The Morgan fingerprint density at radius 3 is 2.61 bits per heavy atom. The van der Waals surface area contributed by atoms with Crippen molar-refractivity contribution in [3.63, 3.8) is 0 Å². The van der Waals surface area contributed by atoms with E-state index < -0.39 is 16.0 Å². The Balaban J connectivity index is 1.82. The Bertz CT molecular complexity index is 379. The SMILES string of the molecule is CC1(C)OCC(CNS(=O)(=O)N2CCNCC2)O1. The van der Waals surface area contributed by atoms with E-state index in [2.05, 4.69) is 10.0 Å². The van der Waals surface area contributed by atoms with Crippen LogP contribution in [-0.2, 0) is 19.7 Å². The van der Waals surface area contributed by atoms with Crippen LogP contribution < -0.4 is 10.0 Å². The summed E-state index contributed by atoms with van der Waals surface area (Å²) in [4.78, 5) is 0. The molecular weight excluding hydrogens is 258 g/mol. The lowest BCUT2D eigenvalue weighted by Crippen LogP contribution is -2.51. The molecule has 0 aliphatic carbocycles. The molecule has 2 N–H and O–H groups in total. The molecule has 0 aromatic heterocycles. The molecule has 0 radical (unpaired) electrons. The number of hydrogen-bond donors (Lipinski definition) is 2. The fraction of sp³-hybridized carbons (Fsp3) is 1.00. The zero-order valence-electron chi connectivity index (χ0n) is 10.8. The van der Waals surface area contributed by atoms with E-state index >= 15 is 0 Å². The molecule has 0 amide bonds. The third kappa shape index (κ3) is 3.62. The second kappa shape index (κ2) is 5.40. The van der Waals surface area contributed by atoms with Crippen LogP contribution in [-0.4, -0.2) is 63.9 Å². The van der Waals surface area contributed by atoms with Gasteiger partial charge in [-0.3, -0.25) is 0 Å². The van der Waals surface area contributed by atoms with E-state index in [0.29, 0.717) is 32.8 Å². The number of nitrogens with one attached hydrogen (secondary N) is 2. The highest BCUT2D eigenvalue weighted by Crippen LogP contribution is 2.21. The minimum absolute atomic E-state index is 0.224. The molecule has 0 aromatic carbocycles. The summed E-state index contributed by atoms with van der Waals surface area (Å²) in [6.07, 6.45) is -0.224. The Kier molecular flexibility index (Phi) is 4.25. The molecule has 8 heteroatoms. The van der Waals surface area contributed by atoms with Crippen molar-refractivity contribution in [1.29, 1.82) is 0 Å². The first-order chi connectivity index (χ1) is 8.39. The molecule has 2 aliphatic heterocycles. The minimum Gasteiger partial charge on any atom is -0.348 e. The molecule has 2 heterocycles. The van der Waals surface area contributed by atoms with Gasteiger partial charge in [-0.1, -0.05) is 0 Å². The highest BCUT2D eigenvalue weighted by molar-refractivity contribution is 7.87. The number of piperazine rings is 1. The zero-order valence-corrected chi connectivity index (χ0v) is 11.6. The largest absolute Gasteiger partial charge is 0.348 e. The smallest absolute Gasteiger partial charge is 0.279 e. The third-order valence-corrected chi connectivity index (χ3v) is 4.55. The van der Waals surface area contributed by atoms with Gasteiger partial charge in [-0.05, 0) is 13.8 Å². The lowest BCUT2D eigenvalue weighted by molar-refractivity contribution is -0.137. The van der Waals surface area contributed by atoms with Crippen molar-refractivity contribution in [3.05, 3.63) is 0 Å². The molecule has 2 fully saturated rings. The predicted octanol–water partition coefficient (Wildman–Crippen LogP) is -1.12. The standard InChI is InChI=1S/C10H21N3O4S/c1-10(2)16-8-9(17-10)7-12-18(14,15)13-5-3-11-4-6-13/h9,11-12H,3-8H2,1-2H3. The summed E-state index contributed by atoms with van der Waals surface area (Å²) in [5, 5.41) is 3.12. The number of hydrogen-bond acceptors (Lipinski definition) is 5. The van der Waals surface area contributed by atoms with Gasteiger partial charge in [0.15, 0.2) is 5.79 Å². The van der Waals surface area contributed by atoms with Crippen molar-refractivity contribution < 1.29 is 17.9 Å². The summed E-state index contributed by atoms with van der Waals surface area (Å²) in [5.41, 5.74) is 0. The fourth-order valence-corrected chi connectivity index (χ4v) is 3.28. The first-order valence-electron chi connectivity index (χ1n) is 6.16. The normalized spacial score (nSPS) is 29.6. The number of nitrogens with zero attached hydrogens (tertiary/aromatic N) is 1. The molecule has 2 aliphatic rings. The predicted molar refractivity (Wildman–Crippen MR) is 66.3 cm³/mol. The number of rotatable bonds is 4. The van der Waals surface area contributed by atoms with E-state index in [1.807, 2.05) is 13.8 Å². The molecule has 0 saturated carbocycles. The quantitative estimate of drug-likeness (QED) is 0.681. The maximum absolute atomic E-state index is 12.0. The summed E-state index contributed by atoms with van der Waals surface area (Å²) >= 11 is 0. The summed E-state index contributed by atoms with van der Waals surface area (Å²) in [6, 6.07) is 0. The van der Waals surface area contributed by atoms with Crippen LogP contribution in [0, 0.1) is 0 Å². The van der Waals surface area contributed by atoms with Crippen LogP contribution in [0.2, 0.25) is 0 Å². The second-order valence-electron chi connectivity index (χ2n) is 4.95. The van der Waals surface area contributed by atoms with Crippen molar-refractivity contribution in [2.45, 2.75) is 25.7 Å². The van der Waals surface area contributed by atoms with Crippen LogP contribution in [0.5, 0.6) is 0 Å². The molecule has 0 aromatic rings. The minimum atomic E-state index is -3.40. The Morgan fingerprint density at radius 1 is 1.39 bits per heavy atom. The van der Waals surface area contributed by atoms with Crippen LogP contribution >= 0.6 is 0 Å². The Labute approximate surface area is 108 Å². The first kappa shape index (κ1) is 14.2. The first-order valence-corrected chi connectivity index (χ1v) is 7.60. The lowest BCUT2D eigenvalue weighted by atomic mass is 10.4. The topological polar surface area (TPSA) is 79.9 Å². The average molecular weight is 279 g/mol. The summed E-state index contributed by atoms with van der Waals surface area (Å²) in [5.74, 6) is -0.620. The summed E-state index contributed by atoms with van der Waals surface area (Å²) < 4.78 is 38.9. The Hall–Kier alpha value is -0.250. The molecular formula is C10H21N3O4S. The van der Waals surface area contributed by atoms with E-state index in [-0.39, 0.29) is 12.6 Å². The molecule has 18 heavy (non-hydrogen) atoms. The van der Waals surface area contributed by atoms with Gasteiger partial charge in [-0.15, -0.1) is 0 Å². The van der Waals surface area contributed by atoms with Crippen LogP contribution in [0.1, 0.15) is 13.8 Å². The molecule has 7 nitrogen and oxygen atoms in total. The van der Waals surface area contributed by atoms with Gasteiger partial charge in [0.1, 0.15) is 0 Å². The molecule has 106 valence electrons. The Morgan fingerprint density at radius 2 is 2.06 bits per heavy atom. The molecule has 0 bridgehead atoms. The number of ether oxygens (including phenoxy) is 2. The van der Waals surface area contributed by atoms with E-state index in [1.54, 1.807) is 0 Å². The maximum Gasteiger partial charge on any atom is 0.279 e. The van der Waals surface area contributed by atoms with Crippen LogP contribution in [0.15, 0.2) is 0 Å². The van der Waals surface area contributed by atoms with Crippen molar-refractivity contribution in [2.75, 3.05) is 39.3 Å². The van der Waals surface area contributed by atoms with Gasteiger partial charge in [0.05, 0.1) is 12.7 Å². The molecule has 1 atom stereocenters. The molecule has 2 rings (SSSR count). The van der Waals surface area contributed by atoms with Gasteiger partial charge < -0.3 is 14.8 Å². The van der Waals surface area contributed by atoms with Crippen molar-refractivity contribution in [1.82, 2.24) is 14.3 Å². The van der Waals surface area contributed by atoms with Crippen LogP contribution in [0.3, 0.4) is 0 Å². The highest BCUT2D eigenvalue weighted by atomic mass is 32.2. The van der Waals surface area contributed by atoms with Crippen LogP contribution in [0.25, 0.3) is 0 Å². The summed E-state index contributed by atoms with van der Waals surface area (Å²) in [7, 11) is -3.40. The second-order valence-corrected chi connectivity index (χ2v) is 6.71. The third-order valence-electron chi connectivity index (χ3n) is 2.98. The zero-order chi connectivity index (χ0) is 13.2. The monoisotopic (exact) mass is 279 g/mol. The van der Waals surface area contributed by atoms with Crippen molar-refractivity contribution in [2.24, 2.45) is 0 Å². The van der Waals surface area contributed by atoms with Gasteiger partial charge in [-0.25, -0.2) is 0 Å². The van der Waals surface area contributed by atoms with Gasteiger partial charge in [-0.2, -0.15) is 17.4 Å². The highest BCUT2D eigenvalue weighted by Gasteiger charge is 2.34. The van der Waals surface area contributed by atoms with Crippen LogP contribution in [0.4, 0.5) is 0 Å². The lowest BCUT2D eigenvalue weighted by Gasteiger charge is -2.27. The van der Waals surface area contributed by atoms with Gasteiger partial charge in [0.25, 0.3) is 10.2 Å². The van der Waals surface area contributed by atoms with E-state index in [0.717, 1.165) is 0 Å². The van der Waals surface area contributed by atoms with Gasteiger partial charge in [0.2, 0.25) is 0 Å². The molecule has 2 saturated heterocycles. The van der Waals surface area contributed by atoms with E-state index in [9.17, 15) is 8.42 Å². The molecule has 0 spiro atoms. The van der Waals surface area contributed by atoms with Gasteiger partial charge >= 0.3 is 0 Å².